The summed E-state index contributed by atoms with van der Waals surface area (Å²) in [4.78, 5) is 33.7. The zero-order valence-corrected chi connectivity index (χ0v) is 14.8. The van der Waals surface area contributed by atoms with Crippen molar-refractivity contribution in [3.8, 4) is 11.1 Å². The molecule has 0 spiro atoms. The number of aliphatic hydroxyl groups is 1. The van der Waals surface area contributed by atoms with Gasteiger partial charge in [0.1, 0.15) is 5.82 Å². The van der Waals surface area contributed by atoms with Crippen LogP contribution < -0.4 is 16.5 Å². The number of carboxylic acid groups (broad SMARTS) is 1. The Hall–Kier alpha value is -3.26. The van der Waals surface area contributed by atoms with E-state index in [2.05, 4.69) is 5.43 Å². The molecule has 1 aromatic heterocycles. The average Bonchev–Trinajstić information content (AvgIpc) is 3.24. The normalized spacial score (nSPS) is 13.4. The van der Waals surface area contributed by atoms with Crippen molar-refractivity contribution in [3.63, 3.8) is 0 Å². The third-order valence-electron chi connectivity index (χ3n) is 4.59. The number of aliphatic carboxylic acids is 1. The van der Waals surface area contributed by atoms with E-state index < -0.39 is 41.5 Å². The summed E-state index contributed by atoms with van der Waals surface area (Å²) in [6.45, 7) is -0.587. The molecular weight excluding hydrogens is 367 g/mol. The first-order chi connectivity index (χ1) is 13.4. The molecule has 0 aliphatic heterocycles. The monoisotopic (exact) mass is 386 g/mol. The Labute approximate surface area is 159 Å². The van der Waals surface area contributed by atoms with Crippen LogP contribution in [0.3, 0.4) is 0 Å². The summed E-state index contributed by atoms with van der Waals surface area (Å²) in [7, 11) is 0. The number of nitrogens with zero attached hydrogens (tertiary/aromatic N) is 1. The molecule has 0 radical (unpaired) electrons. The van der Waals surface area contributed by atoms with Crippen molar-refractivity contribution < 1.29 is 19.4 Å². The lowest BCUT2D eigenvalue weighted by molar-refractivity contribution is -0.143. The van der Waals surface area contributed by atoms with Gasteiger partial charge in [0.05, 0.1) is 12.5 Å². The Morgan fingerprint density at radius 1 is 1.11 bits per heavy atom. The highest BCUT2D eigenvalue weighted by Gasteiger charge is 2.26. The first-order valence-electron chi connectivity index (χ1n) is 8.72. The van der Waals surface area contributed by atoms with E-state index in [0.717, 1.165) is 10.2 Å². The number of aromatic nitrogens is 1. The largest absolute Gasteiger partial charge is 0.481 e. The number of nitrogens with one attached hydrogen (secondary N) is 1. The van der Waals surface area contributed by atoms with E-state index >= 15 is 0 Å². The molecule has 0 saturated carbocycles. The quantitative estimate of drug-likeness (QED) is 0.476. The molecule has 2 aromatic carbocycles. The van der Waals surface area contributed by atoms with E-state index in [1.54, 1.807) is 24.3 Å². The van der Waals surface area contributed by atoms with Crippen LogP contribution in [0.25, 0.3) is 11.1 Å². The van der Waals surface area contributed by atoms with Crippen LogP contribution in [0.5, 0.6) is 0 Å². The summed E-state index contributed by atoms with van der Waals surface area (Å²) < 4.78 is 15.4. The third kappa shape index (κ3) is 4.34. The van der Waals surface area contributed by atoms with Crippen molar-refractivity contribution in [1.82, 2.24) is 4.68 Å². The Bertz CT molecular complexity index is 1010. The summed E-state index contributed by atoms with van der Waals surface area (Å²) in [6, 6.07) is 13.1. The van der Waals surface area contributed by atoms with Gasteiger partial charge in [0.2, 0.25) is 0 Å². The van der Waals surface area contributed by atoms with Gasteiger partial charge in [0, 0.05) is 11.6 Å². The summed E-state index contributed by atoms with van der Waals surface area (Å²) in [5.41, 5.74) is 2.96. The molecule has 1 heterocycles. The minimum atomic E-state index is -1.19. The van der Waals surface area contributed by atoms with Crippen LogP contribution in [-0.2, 0) is 11.2 Å². The maximum atomic E-state index is 14.6. The van der Waals surface area contributed by atoms with Gasteiger partial charge in [0.25, 0.3) is 0 Å². The van der Waals surface area contributed by atoms with Crippen molar-refractivity contribution in [3.05, 3.63) is 80.6 Å². The second-order valence-corrected chi connectivity index (χ2v) is 6.61. The number of hydrogen-bond donors (Lipinski definition) is 3. The second kappa shape index (κ2) is 8.18. The number of benzene rings is 2. The van der Waals surface area contributed by atoms with E-state index in [1.807, 2.05) is 18.2 Å². The minimum absolute atomic E-state index is 0.0368. The van der Waals surface area contributed by atoms with Crippen molar-refractivity contribution >= 4 is 5.97 Å². The molecule has 3 N–H and O–H groups in total. The zero-order valence-electron chi connectivity index (χ0n) is 14.8. The van der Waals surface area contributed by atoms with Gasteiger partial charge >= 0.3 is 17.1 Å². The van der Waals surface area contributed by atoms with Crippen LogP contribution in [0.4, 0.5) is 4.39 Å². The zero-order chi connectivity index (χ0) is 20.3. The van der Waals surface area contributed by atoms with Gasteiger partial charge in [0.15, 0.2) is 0 Å². The molecule has 0 fully saturated rings. The van der Waals surface area contributed by atoms with Crippen LogP contribution >= 0.6 is 0 Å². The molecule has 0 amide bonds. The Kier molecular flexibility index (Phi) is 5.70. The lowest BCUT2D eigenvalue weighted by atomic mass is 9.94. The van der Waals surface area contributed by atoms with E-state index in [4.69, 9.17) is 5.11 Å². The van der Waals surface area contributed by atoms with Gasteiger partial charge in [-0.1, -0.05) is 42.5 Å². The van der Waals surface area contributed by atoms with Crippen LogP contribution in [0, 0.1) is 11.7 Å². The van der Waals surface area contributed by atoms with E-state index in [9.17, 15) is 23.9 Å². The lowest BCUT2D eigenvalue weighted by Gasteiger charge is -2.21. The number of aliphatic hydroxyl groups excluding tert-OH is 1. The molecule has 3 rings (SSSR count). The van der Waals surface area contributed by atoms with Crippen LogP contribution in [0.15, 0.2) is 58.1 Å². The topological polar surface area (TPSA) is 109 Å². The number of carboxylic acids is 1. The summed E-state index contributed by atoms with van der Waals surface area (Å²) in [5, 5.41) is 18.4. The third-order valence-corrected chi connectivity index (χ3v) is 4.59. The van der Waals surface area contributed by atoms with E-state index in [0.29, 0.717) is 11.1 Å². The standard InChI is InChI=1S/C20H19FN2O5/c21-17-9-12(6-7-16(17)13-4-2-1-3-5-13)8-15(10-14(11-24)20(27)28)22-23-18(25)19(23)26/h1-7,9,14-15,22,24H,8,10-11H2,(H,27,28)/t14-,15+/m0/s1. The molecule has 0 aliphatic rings. The van der Waals surface area contributed by atoms with E-state index in [1.165, 1.54) is 6.07 Å². The molecule has 2 atom stereocenters. The number of halogens is 1. The van der Waals surface area contributed by atoms with Crippen molar-refractivity contribution in [2.24, 2.45) is 5.92 Å². The molecular formula is C20H19FN2O5. The molecule has 3 aromatic rings. The summed E-state index contributed by atoms with van der Waals surface area (Å²) in [6.07, 6.45) is 0.137. The molecule has 146 valence electrons. The van der Waals surface area contributed by atoms with Gasteiger partial charge in [-0.25, -0.2) is 4.39 Å². The predicted molar refractivity (Wildman–Crippen MR) is 101 cm³/mol. The Balaban J connectivity index is 1.80. The lowest BCUT2D eigenvalue weighted by Crippen LogP contribution is -2.34. The first-order valence-corrected chi connectivity index (χ1v) is 8.72. The van der Waals surface area contributed by atoms with Gasteiger partial charge in [-0.15, -0.1) is 0 Å². The van der Waals surface area contributed by atoms with Crippen LogP contribution in [0.1, 0.15) is 12.0 Å². The fraction of sp³-hybridized carbons (Fsp3) is 0.250. The molecule has 0 saturated heterocycles. The number of hydrogen-bond acceptors (Lipinski definition) is 5. The van der Waals surface area contributed by atoms with Crippen molar-refractivity contribution in [1.29, 1.82) is 0 Å². The summed E-state index contributed by atoms with van der Waals surface area (Å²) in [5.74, 6) is -2.70. The number of rotatable bonds is 9. The smallest absolute Gasteiger partial charge is 0.340 e. The van der Waals surface area contributed by atoms with Gasteiger partial charge in [-0.2, -0.15) is 4.68 Å². The molecule has 7 nitrogen and oxygen atoms in total. The van der Waals surface area contributed by atoms with Crippen LogP contribution in [-0.4, -0.2) is 33.5 Å². The first kappa shape index (κ1) is 19.5. The SMILES string of the molecule is O=C(O)[C@H](CO)C[C@@H](Cc1ccc(-c2ccccc2)c(F)c1)Nn1c(=O)c1=O. The fourth-order valence-corrected chi connectivity index (χ4v) is 3.04. The van der Waals surface area contributed by atoms with Gasteiger partial charge in [-0.3, -0.25) is 14.4 Å². The molecule has 8 heteroatoms. The molecule has 0 bridgehead atoms. The maximum absolute atomic E-state index is 14.6. The molecule has 28 heavy (non-hydrogen) atoms. The highest BCUT2D eigenvalue weighted by Crippen LogP contribution is 2.24. The highest BCUT2D eigenvalue weighted by atomic mass is 19.1. The average molecular weight is 386 g/mol. The van der Waals surface area contributed by atoms with Crippen molar-refractivity contribution in [2.45, 2.75) is 18.9 Å². The van der Waals surface area contributed by atoms with Gasteiger partial charge in [-0.05, 0) is 30.0 Å². The molecule has 0 unspecified atom stereocenters. The van der Waals surface area contributed by atoms with E-state index in [-0.39, 0.29) is 12.8 Å². The van der Waals surface area contributed by atoms with Crippen molar-refractivity contribution in [2.75, 3.05) is 12.0 Å². The number of carbonyl (C=O) groups is 1. The fourth-order valence-electron chi connectivity index (χ4n) is 3.04. The highest BCUT2D eigenvalue weighted by molar-refractivity contribution is 5.70. The second-order valence-electron chi connectivity index (χ2n) is 6.61. The van der Waals surface area contributed by atoms with Gasteiger partial charge < -0.3 is 15.6 Å². The maximum Gasteiger partial charge on any atom is 0.340 e. The Morgan fingerprint density at radius 3 is 2.32 bits per heavy atom. The predicted octanol–water partition coefficient (Wildman–Crippen LogP) is 1.13. The van der Waals surface area contributed by atoms with Crippen LogP contribution in [0.2, 0.25) is 0 Å². The molecule has 0 aliphatic carbocycles. The summed E-state index contributed by atoms with van der Waals surface area (Å²) >= 11 is 0. The minimum Gasteiger partial charge on any atom is -0.481 e. The Morgan fingerprint density at radius 2 is 1.79 bits per heavy atom.